The molecule has 0 saturated heterocycles. The Morgan fingerprint density at radius 3 is 2.43 bits per heavy atom. The van der Waals surface area contributed by atoms with Crippen LogP contribution in [0.2, 0.25) is 0 Å². The number of amides is 1. The maximum absolute atomic E-state index is 12.5. The fraction of sp³-hybridized carbons (Fsp3) is 0.0870. The molecule has 0 aliphatic heterocycles. The minimum absolute atomic E-state index is 0.107. The molecule has 0 fully saturated rings. The van der Waals surface area contributed by atoms with E-state index in [1.807, 2.05) is 72.9 Å². The zero-order valence-corrected chi connectivity index (χ0v) is 17.5. The number of anilines is 1. The van der Waals surface area contributed by atoms with Crippen LogP contribution >= 0.6 is 22.6 Å². The Balaban J connectivity index is 1.61. The van der Waals surface area contributed by atoms with Crippen LogP contribution in [0.15, 0.2) is 79.0 Å². The van der Waals surface area contributed by atoms with Crippen molar-refractivity contribution in [2.75, 3.05) is 5.32 Å². The van der Waals surface area contributed by atoms with Crippen LogP contribution in [-0.4, -0.2) is 10.5 Å². The highest BCUT2D eigenvalue weighted by atomic mass is 127. The van der Waals surface area contributed by atoms with E-state index in [1.54, 1.807) is 0 Å². The smallest absolute Gasteiger partial charge is 0.255 e. The van der Waals surface area contributed by atoms with E-state index in [0.29, 0.717) is 12.3 Å². The van der Waals surface area contributed by atoms with Crippen LogP contribution in [0.4, 0.5) is 5.69 Å². The topological polar surface area (TPSA) is 43.3 Å². The molecule has 0 saturated carbocycles. The van der Waals surface area contributed by atoms with Crippen molar-refractivity contribution >= 4 is 45.1 Å². The van der Waals surface area contributed by atoms with Crippen molar-refractivity contribution in [3.05, 3.63) is 93.7 Å². The van der Waals surface area contributed by atoms with Crippen LogP contribution in [0.5, 0.6) is 5.75 Å². The molecule has 3 aromatic carbocycles. The number of aromatic nitrogens is 1. The van der Waals surface area contributed by atoms with Gasteiger partial charge in [-0.2, -0.15) is 0 Å². The molecule has 0 atom stereocenters. The van der Waals surface area contributed by atoms with Gasteiger partial charge in [-0.15, -0.1) is 0 Å². The monoisotopic (exact) mass is 482 g/mol. The van der Waals surface area contributed by atoms with Gasteiger partial charge in [0.2, 0.25) is 0 Å². The number of carbonyl (C=O) groups excluding carboxylic acids is 1. The number of para-hydroxylation sites is 1. The summed E-state index contributed by atoms with van der Waals surface area (Å²) in [5.41, 5.74) is 3.66. The van der Waals surface area contributed by atoms with Crippen molar-refractivity contribution in [1.29, 1.82) is 0 Å². The lowest BCUT2D eigenvalue weighted by molar-refractivity contribution is 0.102. The quantitative estimate of drug-likeness (QED) is 0.363. The molecule has 0 unspecified atom stereocenters. The average molecular weight is 482 g/mol. The third kappa shape index (κ3) is 3.75. The zero-order valence-electron chi connectivity index (χ0n) is 15.4. The highest BCUT2D eigenvalue weighted by molar-refractivity contribution is 14.1. The van der Waals surface area contributed by atoms with Gasteiger partial charge in [0.15, 0.2) is 6.73 Å². The molecule has 1 N–H and O–H groups in total. The molecule has 1 aromatic heterocycles. The molecule has 1 heterocycles. The van der Waals surface area contributed by atoms with Gasteiger partial charge in [-0.25, -0.2) is 0 Å². The van der Waals surface area contributed by atoms with E-state index < -0.39 is 0 Å². The maximum atomic E-state index is 12.5. The molecule has 4 aromatic rings. The van der Waals surface area contributed by atoms with Crippen molar-refractivity contribution in [3.63, 3.8) is 0 Å². The number of nitrogens with zero attached hydrogens (tertiary/aromatic N) is 1. The lowest BCUT2D eigenvalue weighted by atomic mass is 10.1. The first kappa shape index (κ1) is 18.6. The second-order valence-electron chi connectivity index (χ2n) is 6.51. The second-order valence-corrected chi connectivity index (χ2v) is 7.59. The van der Waals surface area contributed by atoms with Gasteiger partial charge in [0, 0.05) is 20.7 Å². The van der Waals surface area contributed by atoms with E-state index in [2.05, 4.69) is 45.5 Å². The number of hydrogen-bond donors (Lipinski definition) is 1. The molecule has 28 heavy (non-hydrogen) atoms. The molecule has 4 rings (SSSR count). The van der Waals surface area contributed by atoms with Gasteiger partial charge in [0.1, 0.15) is 5.75 Å². The predicted octanol–water partition coefficient (Wildman–Crippen LogP) is 5.84. The third-order valence-electron chi connectivity index (χ3n) is 4.57. The van der Waals surface area contributed by atoms with Crippen molar-refractivity contribution < 1.29 is 9.53 Å². The van der Waals surface area contributed by atoms with Crippen LogP contribution in [0, 0.1) is 10.5 Å². The Hall–Kier alpha value is -2.80. The summed E-state index contributed by atoms with van der Waals surface area (Å²) < 4.78 is 9.00. The van der Waals surface area contributed by atoms with Gasteiger partial charge in [0.25, 0.3) is 5.91 Å². The normalized spacial score (nSPS) is 10.8. The fourth-order valence-corrected chi connectivity index (χ4v) is 3.95. The molecule has 1 amide bonds. The maximum Gasteiger partial charge on any atom is 0.255 e. The standard InChI is InChI=1S/C23H19IN2O2/c1-16-14-20(25-23(27)17-8-4-2-5-9-17)21(24)19-12-13-26(22(16)19)15-28-18-10-6-3-7-11-18/h2-14H,15H2,1H3,(H,25,27). The largest absolute Gasteiger partial charge is 0.473 e. The number of hydrogen-bond acceptors (Lipinski definition) is 2. The lowest BCUT2D eigenvalue weighted by Gasteiger charge is -2.13. The van der Waals surface area contributed by atoms with E-state index >= 15 is 0 Å². The summed E-state index contributed by atoms with van der Waals surface area (Å²) in [6.07, 6.45) is 2.02. The Kier molecular flexibility index (Phi) is 5.34. The molecule has 140 valence electrons. The van der Waals surface area contributed by atoms with Crippen LogP contribution in [-0.2, 0) is 6.73 Å². The highest BCUT2D eigenvalue weighted by Gasteiger charge is 2.15. The third-order valence-corrected chi connectivity index (χ3v) is 5.73. The van der Waals surface area contributed by atoms with E-state index in [1.165, 1.54) is 0 Å². The van der Waals surface area contributed by atoms with E-state index in [4.69, 9.17) is 4.74 Å². The van der Waals surface area contributed by atoms with Crippen LogP contribution in [0.25, 0.3) is 10.9 Å². The molecule has 0 radical (unpaired) electrons. The Bertz CT molecular complexity index is 1120. The van der Waals surface area contributed by atoms with Crippen LogP contribution < -0.4 is 10.1 Å². The van der Waals surface area contributed by atoms with Crippen molar-refractivity contribution in [3.8, 4) is 5.75 Å². The number of ether oxygens (including phenoxy) is 1. The molecule has 0 spiro atoms. The summed E-state index contributed by atoms with van der Waals surface area (Å²) in [6, 6.07) is 23.1. The van der Waals surface area contributed by atoms with Crippen LogP contribution in [0.1, 0.15) is 15.9 Å². The van der Waals surface area contributed by atoms with Crippen molar-refractivity contribution in [2.45, 2.75) is 13.7 Å². The van der Waals surface area contributed by atoms with Crippen molar-refractivity contribution in [1.82, 2.24) is 4.57 Å². The molecular formula is C23H19IN2O2. The summed E-state index contributed by atoms with van der Waals surface area (Å²) in [5, 5.41) is 4.14. The molecule has 5 heteroatoms. The van der Waals surface area contributed by atoms with Gasteiger partial charge in [-0.1, -0.05) is 36.4 Å². The van der Waals surface area contributed by atoms with Crippen molar-refractivity contribution in [2.24, 2.45) is 0 Å². The van der Waals surface area contributed by atoms with E-state index in [0.717, 1.165) is 31.5 Å². The van der Waals surface area contributed by atoms with Gasteiger partial charge in [0.05, 0.1) is 11.2 Å². The van der Waals surface area contributed by atoms with Gasteiger partial charge in [-0.3, -0.25) is 4.79 Å². The predicted molar refractivity (Wildman–Crippen MR) is 121 cm³/mol. The fourth-order valence-electron chi connectivity index (χ4n) is 3.23. The average Bonchev–Trinajstić information content (AvgIpc) is 3.16. The summed E-state index contributed by atoms with van der Waals surface area (Å²) >= 11 is 2.29. The summed E-state index contributed by atoms with van der Waals surface area (Å²) in [4.78, 5) is 12.5. The number of nitrogens with one attached hydrogen (secondary N) is 1. The first-order valence-corrected chi connectivity index (χ1v) is 10.0. The number of halogens is 1. The Labute approximate surface area is 177 Å². The van der Waals surface area contributed by atoms with E-state index in [-0.39, 0.29) is 5.91 Å². The summed E-state index contributed by atoms with van der Waals surface area (Å²) in [7, 11) is 0. The van der Waals surface area contributed by atoms with Gasteiger partial charge in [-0.05, 0) is 71.5 Å². The molecule has 0 aliphatic rings. The zero-order chi connectivity index (χ0) is 19.5. The number of fused-ring (bicyclic) bond motifs is 1. The Morgan fingerprint density at radius 1 is 1.04 bits per heavy atom. The minimum atomic E-state index is -0.107. The van der Waals surface area contributed by atoms with Crippen LogP contribution in [0.3, 0.4) is 0 Å². The first-order valence-electron chi connectivity index (χ1n) is 8.95. The molecule has 0 bridgehead atoms. The Morgan fingerprint density at radius 2 is 1.71 bits per heavy atom. The number of rotatable bonds is 5. The summed E-state index contributed by atoms with van der Waals surface area (Å²) in [5.74, 6) is 0.729. The second kappa shape index (κ2) is 8.06. The van der Waals surface area contributed by atoms with Gasteiger partial charge >= 0.3 is 0 Å². The SMILES string of the molecule is Cc1cc(NC(=O)c2ccccc2)c(I)c2ccn(COc3ccccc3)c12. The lowest BCUT2D eigenvalue weighted by Crippen LogP contribution is -2.13. The number of carbonyl (C=O) groups is 1. The molecular weight excluding hydrogens is 463 g/mol. The minimum Gasteiger partial charge on any atom is -0.473 e. The molecule has 0 aliphatic carbocycles. The summed E-state index contributed by atoms with van der Waals surface area (Å²) in [6.45, 7) is 2.48. The van der Waals surface area contributed by atoms with Gasteiger partial charge < -0.3 is 14.6 Å². The number of aryl methyl sites for hydroxylation is 1. The first-order chi connectivity index (χ1) is 13.6. The highest BCUT2D eigenvalue weighted by Crippen LogP contribution is 2.32. The molecule has 4 nitrogen and oxygen atoms in total. The number of benzene rings is 3. The van der Waals surface area contributed by atoms with E-state index in [9.17, 15) is 4.79 Å².